The van der Waals surface area contributed by atoms with Crippen molar-refractivity contribution in [2.75, 3.05) is 11.9 Å². The summed E-state index contributed by atoms with van der Waals surface area (Å²) in [6.45, 7) is 6.76. The Balaban J connectivity index is 2.04. The van der Waals surface area contributed by atoms with Crippen LogP contribution in [0.15, 0.2) is 48.5 Å². The highest BCUT2D eigenvalue weighted by Gasteiger charge is 2.11. The maximum atomic E-state index is 12.5. The molecule has 0 aliphatic carbocycles. The lowest BCUT2D eigenvalue weighted by Gasteiger charge is -2.13. The quantitative estimate of drug-likeness (QED) is 0.633. The summed E-state index contributed by atoms with van der Waals surface area (Å²) in [5, 5.41) is 5.72. The lowest BCUT2D eigenvalue weighted by molar-refractivity contribution is 0.0951. The molecule has 0 saturated heterocycles. The Kier molecular flexibility index (Phi) is 7.86. The monoisotopic (exact) mass is 368 g/mol. The van der Waals surface area contributed by atoms with Gasteiger partial charge in [0.1, 0.15) is 5.75 Å². The van der Waals surface area contributed by atoms with Gasteiger partial charge in [0.05, 0.1) is 6.10 Å². The third-order valence-electron chi connectivity index (χ3n) is 4.21. The number of carbonyl (C=O) groups is 2. The van der Waals surface area contributed by atoms with Gasteiger partial charge in [-0.15, -0.1) is 0 Å². The summed E-state index contributed by atoms with van der Waals surface area (Å²) < 4.78 is 5.77. The first kappa shape index (κ1) is 20.5. The summed E-state index contributed by atoms with van der Waals surface area (Å²) in [7, 11) is 0. The first-order chi connectivity index (χ1) is 13.0. The normalized spacial score (nSPS) is 11.5. The maximum absolute atomic E-state index is 12.5. The first-order valence-electron chi connectivity index (χ1n) is 9.49. The fraction of sp³-hybridized carbons (Fsp3) is 0.364. The Morgan fingerprint density at radius 1 is 1.00 bits per heavy atom. The average molecular weight is 368 g/mol. The van der Waals surface area contributed by atoms with E-state index >= 15 is 0 Å². The molecule has 2 amide bonds. The summed E-state index contributed by atoms with van der Waals surface area (Å²) >= 11 is 0. The van der Waals surface area contributed by atoms with Crippen molar-refractivity contribution in [2.45, 2.75) is 46.1 Å². The molecule has 2 aromatic carbocycles. The van der Waals surface area contributed by atoms with Crippen LogP contribution < -0.4 is 15.4 Å². The molecule has 0 fully saturated rings. The van der Waals surface area contributed by atoms with E-state index in [0.29, 0.717) is 29.1 Å². The fourth-order valence-corrected chi connectivity index (χ4v) is 2.45. The third kappa shape index (κ3) is 6.44. The molecule has 2 N–H and O–H groups in total. The summed E-state index contributed by atoms with van der Waals surface area (Å²) in [4.78, 5) is 24.7. The van der Waals surface area contributed by atoms with E-state index in [1.165, 1.54) is 0 Å². The van der Waals surface area contributed by atoms with Gasteiger partial charge in [-0.25, -0.2) is 0 Å². The van der Waals surface area contributed by atoms with Gasteiger partial charge >= 0.3 is 0 Å². The minimum atomic E-state index is -0.242. The minimum Gasteiger partial charge on any atom is -0.491 e. The number of hydrogen-bond acceptors (Lipinski definition) is 3. The van der Waals surface area contributed by atoms with Crippen molar-refractivity contribution in [2.24, 2.45) is 0 Å². The molecular formula is C22H28N2O3. The van der Waals surface area contributed by atoms with Gasteiger partial charge in [0.2, 0.25) is 0 Å². The Morgan fingerprint density at radius 3 is 2.41 bits per heavy atom. The number of anilines is 1. The predicted molar refractivity (Wildman–Crippen MR) is 108 cm³/mol. The molecule has 1 atom stereocenters. The summed E-state index contributed by atoms with van der Waals surface area (Å²) in [5.74, 6) is 0.290. The number of benzene rings is 2. The average Bonchev–Trinajstić information content (AvgIpc) is 2.68. The highest BCUT2D eigenvalue weighted by atomic mass is 16.5. The zero-order chi connectivity index (χ0) is 19.6. The van der Waals surface area contributed by atoms with Gasteiger partial charge in [0.25, 0.3) is 11.8 Å². The number of rotatable bonds is 9. The topological polar surface area (TPSA) is 67.4 Å². The molecule has 5 nitrogen and oxygen atoms in total. The molecule has 27 heavy (non-hydrogen) atoms. The molecular weight excluding hydrogens is 340 g/mol. The van der Waals surface area contributed by atoms with Crippen molar-refractivity contribution in [3.05, 3.63) is 59.7 Å². The van der Waals surface area contributed by atoms with E-state index in [4.69, 9.17) is 4.74 Å². The second-order valence-corrected chi connectivity index (χ2v) is 6.51. The number of ether oxygens (including phenoxy) is 1. The fourth-order valence-electron chi connectivity index (χ4n) is 2.45. The maximum Gasteiger partial charge on any atom is 0.255 e. The van der Waals surface area contributed by atoms with E-state index in [-0.39, 0.29) is 17.9 Å². The van der Waals surface area contributed by atoms with E-state index in [2.05, 4.69) is 17.6 Å². The molecule has 1 unspecified atom stereocenters. The van der Waals surface area contributed by atoms with Crippen molar-refractivity contribution in [3.8, 4) is 5.75 Å². The largest absolute Gasteiger partial charge is 0.491 e. The van der Waals surface area contributed by atoms with E-state index in [9.17, 15) is 9.59 Å². The lowest BCUT2D eigenvalue weighted by Crippen LogP contribution is -2.24. The molecule has 144 valence electrons. The second kappa shape index (κ2) is 10.4. The molecule has 0 saturated carbocycles. The van der Waals surface area contributed by atoms with E-state index in [1.54, 1.807) is 42.5 Å². The number of nitrogens with one attached hydrogen (secondary N) is 2. The SMILES string of the molecule is CCCCNC(=O)c1cccc(NC(=O)c2cccc(OC(C)CC)c2)c1. The third-order valence-corrected chi connectivity index (χ3v) is 4.21. The van der Waals surface area contributed by atoms with Crippen molar-refractivity contribution in [1.82, 2.24) is 5.32 Å². The number of unbranched alkanes of at least 4 members (excludes halogenated alkanes) is 1. The standard InChI is InChI=1S/C22H28N2O3/c1-4-6-13-23-21(25)17-9-7-11-19(14-17)24-22(26)18-10-8-12-20(15-18)27-16(3)5-2/h7-12,14-16H,4-6,13H2,1-3H3,(H,23,25)(H,24,26). The Bertz CT molecular complexity index is 774. The number of hydrogen-bond donors (Lipinski definition) is 2. The van der Waals surface area contributed by atoms with Crippen LogP contribution in [0.5, 0.6) is 5.75 Å². The van der Waals surface area contributed by atoms with Gasteiger partial charge in [-0.05, 0) is 56.2 Å². The summed E-state index contributed by atoms with van der Waals surface area (Å²) in [6, 6.07) is 14.0. The summed E-state index contributed by atoms with van der Waals surface area (Å²) in [6.07, 6.45) is 2.95. The first-order valence-corrected chi connectivity index (χ1v) is 9.49. The molecule has 0 bridgehead atoms. The van der Waals surface area contributed by atoms with Crippen LogP contribution in [0.1, 0.15) is 60.7 Å². The Labute approximate surface area is 161 Å². The van der Waals surface area contributed by atoms with Crippen LogP contribution in [-0.4, -0.2) is 24.5 Å². The Hall–Kier alpha value is -2.82. The second-order valence-electron chi connectivity index (χ2n) is 6.51. The predicted octanol–water partition coefficient (Wildman–Crippen LogP) is 4.65. The van der Waals surface area contributed by atoms with E-state index in [0.717, 1.165) is 19.3 Å². The van der Waals surface area contributed by atoms with Crippen molar-refractivity contribution < 1.29 is 14.3 Å². The van der Waals surface area contributed by atoms with Crippen molar-refractivity contribution in [1.29, 1.82) is 0 Å². The molecule has 2 rings (SSSR count). The highest BCUT2D eigenvalue weighted by molar-refractivity contribution is 6.05. The number of carbonyl (C=O) groups excluding carboxylic acids is 2. The molecule has 0 radical (unpaired) electrons. The minimum absolute atomic E-state index is 0.0891. The molecule has 0 aliphatic heterocycles. The van der Waals surface area contributed by atoms with Gasteiger partial charge < -0.3 is 15.4 Å². The number of amides is 2. The van der Waals surface area contributed by atoms with Crippen LogP contribution in [0.4, 0.5) is 5.69 Å². The lowest BCUT2D eigenvalue weighted by atomic mass is 10.1. The smallest absolute Gasteiger partial charge is 0.255 e. The van der Waals surface area contributed by atoms with Gasteiger partial charge in [-0.1, -0.05) is 32.4 Å². The summed E-state index contributed by atoms with van der Waals surface area (Å²) in [5.41, 5.74) is 1.61. The highest BCUT2D eigenvalue weighted by Crippen LogP contribution is 2.18. The van der Waals surface area contributed by atoms with Gasteiger partial charge in [-0.3, -0.25) is 9.59 Å². The van der Waals surface area contributed by atoms with E-state index in [1.807, 2.05) is 19.9 Å². The molecule has 0 heterocycles. The van der Waals surface area contributed by atoms with Crippen molar-refractivity contribution >= 4 is 17.5 Å². The van der Waals surface area contributed by atoms with Crippen LogP contribution in [0.25, 0.3) is 0 Å². The zero-order valence-electron chi connectivity index (χ0n) is 16.2. The van der Waals surface area contributed by atoms with Gasteiger partial charge in [0.15, 0.2) is 0 Å². The zero-order valence-corrected chi connectivity index (χ0v) is 16.2. The Morgan fingerprint density at radius 2 is 1.70 bits per heavy atom. The molecule has 5 heteroatoms. The van der Waals surface area contributed by atoms with Gasteiger partial charge in [-0.2, -0.15) is 0 Å². The molecule has 0 aliphatic rings. The molecule has 0 aromatic heterocycles. The molecule has 0 spiro atoms. The van der Waals surface area contributed by atoms with Gasteiger partial charge in [0, 0.05) is 23.4 Å². The van der Waals surface area contributed by atoms with Crippen LogP contribution in [0, 0.1) is 0 Å². The van der Waals surface area contributed by atoms with Crippen LogP contribution in [-0.2, 0) is 0 Å². The molecule has 2 aromatic rings. The van der Waals surface area contributed by atoms with Crippen LogP contribution in [0.3, 0.4) is 0 Å². The van der Waals surface area contributed by atoms with Crippen LogP contribution in [0.2, 0.25) is 0 Å². The van der Waals surface area contributed by atoms with Crippen LogP contribution >= 0.6 is 0 Å². The van der Waals surface area contributed by atoms with E-state index < -0.39 is 0 Å². The van der Waals surface area contributed by atoms with Crippen molar-refractivity contribution in [3.63, 3.8) is 0 Å².